The predicted octanol–water partition coefficient (Wildman–Crippen LogP) is 1.44. The molecule has 1 aromatic carbocycles. The highest BCUT2D eigenvalue weighted by atomic mass is 19.1. The van der Waals surface area contributed by atoms with E-state index in [2.05, 4.69) is 0 Å². The molecule has 0 amide bonds. The summed E-state index contributed by atoms with van der Waals surface area (Å²) >= 11 is 0. The third-order valence-corrected chi connectivity index (χ3v) is 2.42. The van der Waals surface area contributed by atoms with Gasteiger partial charge in [0.1, 0.15) is 5.82 Å². The van der Waals surface area contributed by atoms with Gasteiger partial charge in [-0.1, -0.05) is 12.1 Å². The van der Waals surface area contributed by atoms with E-state index >= 15 is 0 Å². The average Bonchev–Trinajstić information content (AvgIpc) is 2.27. The summed E-state index contributed by atoms with van der Waals surface area (Å²) in [5.41, 5.74) is 0.727. The van der Waals surface area contributed by atoms with Crippen LogP contribution in [-0.4, -0.2) is 43.9 Å². The molecule has 0 aromatic heterocycles. The van der Waals surface area contributed by atoms with Gasteiger partial charge in [0, 0.05) is 20.2 Å². The molecule has 90 valence electrons. The number of halogens is 1. The Hall–Kier alpha value is -0.970. The fraction of sp³-hybridized carbons (Fsp3) is 0.500. The normalized spacial score (nSPS) is 13.1. The van der Waals surface area contributed by atoms with Crippen molar-refractivity contribution in [3.63, 3.8) is 0 Å². The zero-order valence-corrected chi connectivity index (χ0v) is 9.69. The number of likely N-dealkylation sites (N-methyl/N-ethyl adjacent to an activating group) is 1. The van der Waals surface area contributed by atoms with Crippen molar-refractivity contribution < 1.29 is 14.2 Å². The fourth-order valence-corrected chi connectivity index (χ4v) is 1.42. The second kappa shape index (κ2) is 6.58. The van der Waals surface area contributed by atoms with Crippen LogP contribution in [0.3, 0.4) is 0 Å². The molecule has 16 heavy (non-hydrogen) atoms. The first-order chi connectivity index (χ1) is 7.63. The average molecular weight is 227 g/mol. The van der Waals surface area contributed by atoms with E-state index in [1.165, 1.54) is 12.1 Å². The maximum absolute atomic E-state index is 12.7. The van der Waals surface area contributed by atoms with Crippen molar-refractivity contribution in [3.05, 3.63) is 35.6 Å². The molecule has 1 unspecified atom stereocenters. The molecule has 0 radical (unpaired) electrons. The minimum Gasteiger partial charge on any atom is -0.387 e. The van der Waals surface area contributed by atoms with Crippen molar-refractivity contribution in [1.29, 1.82) is 0 Å². The Kier molecular flexibility index (Phi) is 5.38. The first kappa shape index (κ1) is 13.1. The lowest BCUT2D eigenvalue weighted by Crippen LogP contribution is -2.27. The molecule has 0 aliphatic heterocycles. The summed E-state index contributed by atoms with van der Waals surface area (Å²) in [7, 11) is 3.55. The van der Waals surface area contributed by atoms with Gasteiger partial charge < -0.3 is 14.7 Å². The van der Waals surface area contributed by atoms with Gasteiger partial charge in [-0.25, -0.2) is 4.39 Å². The highest BCUT2D eigenvalue weighted by molar-refractivity contribution is 5.18. The number of benzene rings is 1. The summed E-state index contributed by atoms with van der Waals surface area (Å²) in [4.78, 5) is 1.97. The first-order valence-corrected chi connectivity index (χ1v) is 5.24. The van der Waals surface area contributed by atoms with Crippen LogP contribution < -0.4 is 0 Å². The molecule has 3 nitrogen and oxygen atoms in total. The first-order valence-electron chi connectivity index (χ1n) is 5.24. The Morgan fingerprint density at radius 1 is 1.38 bits per heavy atom. The van der Waals surface area contributed by atoms with Crippen LogP contribution in [0, 0.1) is 5.82 Å². The van der Waals surface area contributed by atoms with E-state index in [0.717, 1.165) is 12.1 Å². The molecule has 0 saturated carbocycles. The molecule has 0 spiro atoms. The van der Waals surface area contributed by atoms with Crippen LogP contribution in [-0.2, 0) is 4.74 Å². The minimum atomic E-state index is -0.595. The summed E-state index contributed by atoms with van der Waals surface area (Å²) < 4.78 is 17.6. The number of rotatable bonds is 6. The van der Waals surface area contributed by atoms with Gasteiger partial charge in [0.2, 0.25) is 0 Å². The lowest BCUT2D eigenvalue weighted by molar-refractivity contribution is 0.103. The molecule has 0 saturated heterocycles. The summed E-state index contributed by atoms with van der Waals surface area (Å²) in [5, 5.41) is 9.88. The van der Waals surface area contributed by atoms with Gasteiger partial charge in [-0.2, -0.15) is 0 Å². The molecule has 0 aliphatic carbocycles. The van der Waals surface area contributed by atoms with E-state index in [1.807, 2.05) is 11.9 Å². The molecule has 1 atom stereocenters. The van der Waals surface area contributed by atoms with Gasteiger partial charge in [-0.3, -0.25) is 0 Å². The van der Waals surface area contributed by atoms with Crippen LogP contribution in [0.5, 0.6) is 0 Å². The molecule has 0 heterocycles. The largest absolute Gasteiger partial charge is 0.387 e. The van der Waals surface area contributed by atoms with Crippen LogP contribution in [0.1, 0.15) is 11.7 Å². The molecule has 0 bridgehead atoms. The maximum Gasteiger partial charge on any atom is 0.123 e. The summed E-state index contributed by atoms with van der Waals surface area (Å²) in [6.45, 7) is 1.90. The summed E-state index contributed by atoms with van der Waals surface area (Å²) in [6, 6.07) is 5.91. The predicted molar refractivity (Wildman–Crippen MR) is 60.7 cm³/mol. The highest BCUT2D eigenvalue weighted by Crippen LogP contribution is 2.14. The van der Waals surface area contributed by atoms with E-state index in [0.29, 0.717) is 13.2 Å². The monoisotopic (exact) mass is 227 g/mol. The number of hydrogen-bond donors (Lipinski definition) is 1. The zero-order chi connectivity index (χ0) is 12.0. The minimum absolute atomic E-state index is 0.288. The second-order valence-corrected chi connectivity index (χ2v) is 3.82. The quantitative estimate of drug-likeness (QED) is 0.798. The Morgan fingerprint density at radius 2 is 2.00 bits per heavy atom. The Labute approximate surface area is 95.5 Å². The summed E-state index contributed by atoms with van der Waals surface area (Å²) in [5.74, 6) is -0.288. The topological polar surface area (TPSA) is 32.7 Å². The van der Waals surface area contributed by atoms with Gasteiger partial charge in [-0.15, -0.1) is 0 Å². The van der Waals surface area contributed by atoms with E-state index < -0.39 is 6.10 Å². The number of hydrogen-bond acceptors (Lipinski definition) is 3. The van der Waals surface area contributed by atoms with Crippen molar-refractivity contribution in [3.8, 4) is 0 Å². The number of aliphatic hydroxyl groups excluding tert-OH is 1. The molecule has 1 aromatic rings. The van der Waals surface area contributed by atoms with Crippen LogP contribution in [0.15, 0.2) is 24.3 Å². The van der Waals surface area contributed by atoms with Crippen LogP contribution in [0.25, 0.3) is 0 Å². The van der Waals surface area contributed by atoms with E-state index in [9.17, 15) is 9.50 Å². The Morgan fingerprint density at radius 3 is 2.56 bits per heavy atom. The number of ether oxygens (including phenoxy) is 1. The number of aliphatic hydroxyl groups is 1. The van der Waals surface area contributed by atoms with Crippen LogP contribution >= 0.6 is 0 Å². The van der Waals surface area contributed by atoms with Gasteiger partial charge in [0.25, 0.3) is 0 Å². The Bertz CT molecular complexity index is 302. The van der Waals surface area contributed by atoms with Gasteiger partial charge >= 0.3 is 0 Å². The standard InChI is InChI=1S/C12H18FNO2/c1-14(7-8-16-2)9-12(15)10-3-5-11(13)6-4-10/h3-6,12,15H,7-9H2,1-2H3. The van der Waals surface area contributed by atoms with Gasteiger partial charge in [-0.05, 0) is 24.7 Å². The third kappa shape index (κ3) is 4.26. The molecule has 1 N–H and O–H groups in total. The van der Waals surface area contributed by atoms with E-state index in [1.54, 1.807) is 19.2 Å². The third-order valence-electron chi connectivity index (χ3n) is 2.42. The van der Waals surface area contributed by atoms with E-state index in [4.69, 9.17) is 4.74 Å². The van der Waals surface area contributed by atoms with Gasteiger partial charge in [0.05, 0.1) is 12.7 Å². The molecule has 0 fully saturated rings. The zero-order valence-electron chi connectivity index (χ0n) is 9.69. The molecular weight excluding hydrogens is 209 g/mol. The van der Waals surface area contributed by atoms with Crippen molar-refractivity contribution in [2.24, 2.45) is 0 Å². The SMILES string of the molecule is COCCN(C)CC(O)c1ccc(F)cc1. The number of methoxy groups -OCH3 is 1. The van der Waals surface area contributed by atoms with Crippen molar-refractivity contribution in [2.45, 2.75) is 6.10 Å². The van der Waals surface area contributed by atoms with Crippen molar-refractivity contribution in [1.82, 2.24) is 4.90 Å². The molecular formula is C12H18FNO2. The van der Waals surface area contributed by atoms with Crippen molar-refractivity contribution >= 4 is 0 Å². The highest BCUT2D eigenvalue weighted by Gasteiger charge is 2.10. The van der Waals surface area contributed by atoms with Gasteiger partial charge in [0.15, 0.2) is 0 Å². The smallest absolute Gasteiger partial charge is 0.123 e. The lowest BCUT2D eigenvalue weighted by atomic mass is 10.1. The maximum atomic E-state index is 12.7. The van der Waals surface area contributed by atoms with Crippen molar-refractivity contribution in [2.75, 3.05) is 33.9 Å². The second-order valence-electron chi connectivity index (χ2n) is 3.82. The number of nitrogens with zero attached hydrogens (tertiary/aromatic N) is 1. The molecule has 4 heteroatoms. The van der Waals surface area contributed by atoms with E-state index in [-0.39, 0.29) is 5.82 Å². The fourth-order valence-electron chi connectivity index (χ4n) is 1.42. The van der Waals surface area contributed by atoms with Crippen LogP contribution in [0.4, 0.5) is 4.39 Å². The lowest BCUT2D eigenvalue weighted by Gasteiger charge is -2.20. The van der Waals surface area contributed by atoms with Crippen LogP contribution in [0.2, 0.25) is 0 Å². The molecule has 0 aliphatic rings. The molecule has 1 rings (SSSR count). The Balaban J connectivity index is 2.45. The summed E-state index contributed by atoms with van der Waals surface area (Å²) in [6.07, 6.45) is -0.595.